The molecule has 1 fully saturated rings. The SMILES string of the molecule is COc1cccc(C(=O)NC[C@@H]2CC(=O)N(C)[C@H]2c2ccncc2)c1F. The number of nitrogens with zero attached hydrogens (tertiary/aromatic N) is 2. The van der Waals surface area contributed by atoms with Crippen molar-refractivity contribution in [2.45, 2.75) is 12.5 Å². The van der Waals surface area contributed by atoms with Gasteiger partial charge in [-0.2, -0.15) is 0 Å². The molecule has 6 nitrogen and oxygen atoms in total. The first-order chi connectivity index (χ1) is 12.5. The van der Waals surface area contributed by atoms with Gasteiger partial charge in [-0.3, -0.25) is 14.6 Å². The van der Waals surface area contributed by atoms with Crippen molar-refractivity contribution in [3.8, 4) is 5.75 Å². The first-order valence-electron chi connectivity index (χ1n) is 8.29. The standard InChI is InChI=1S/C19H20FN3O3/c1-23-16(24)10-13(18(23)12-6-8-21-9-7-12)11-22-19(25)14-4-3-5-15(26-2)17(14)20/h3-9,13,18H,10-11H2,1-2H3,(H,22,25)/t13-,18-/m0/s1. The van der Waals surface area contributed by atoms with Crippen molar-refractivity contribution >= 4 is 11.8 Å². The molecule has 7 heteroatoms. The molecular weight excluding hydrogens is 337 g/mol. The summed E-state index contributed by atoms with van der Waals surface area (Å²) in [7, 11) is 3.09. The zero-order chi connectivity index (χ0) is 18.7. The Morgan fingerprint density at radius 1 is 1.35 bits per heavy atom. The minimum absolute atomic E-state index is 0.0126. The van der Waals surface area contributed by atoms with Gasteiger partial charge < -0.3 is 15.0 Å². The number of nitrogens with one attached hydrogen (secondary N) is 1. The molecule has 1 aromatic heterocycles. The van der Waals surface area contributed by atoms with Crippen LogP contribution in [0.5, 0.6) is 5.75 Å². The molecule has 1 aromatic carbocycles. The Balaban J connectivity index is 1.74. The van der Waals surface area contributed by atoms with Crippen molar-refractivity contribution in [1.82, 2.24) is 15.2 Å². The van der Waals surface area contributed by atoms with Crippen molar-refractivity contribution in [2.24, 2.45) is 5.92 Å². The number of likely N-dealkylation sites (tertiary alicyclic amines) is 1. The molecular formula is C19H20FN3O3. The fourth-order valence-electron chi connectivity index (χ4n) is 3.35. The van der Waals surface area contributed by atoms with Crippen LogP contribution in [-0.4, -0.2) is 42.4 Å². The number of hydrogen-bond donors (Lipinski definition) is 1. The second-order valence-corrected chi connectivity index (χ2v) is 6.23. The largest absolute Gasteiger partial charge is 0.494 e. The quantitative estimate of drug-likeness (QED) is 0.890. The lowest BCUT2D eigenvalue weighted by Gasteiger charge is -2.25. The number of aromatic nitrogens is 1. The van der Waals surface area contributed by atoms with Crippen molar-refractivity contribution in [1.29, 1.82) is 0 Å². The summed E-state index contributed by atoms with van der Waals surface area (Å²) in [5, 5.41) is 2.74. The average molecular weight is 357 g/mol. The lowest BCUT2D eigenvalue weighted by atomic mass is 9.94. The highest BCUT2D eigenvalue weighted by atomic mass is 19.1. The molecule has 0 aliphatic carbocycles. The number of carbonyl (C=O) groups is 2. The van der Waals surface area contributed by atoms with Crippen molar-refractivity contribution in [3.05, 3.63) is 59.7 Å². The Morgan fingerprint density at radius 2 is 2.08 bits per heavy atom. The van der Waals surface area contributed by atoms with Crippen LogP contribution in [0.15, 0.2) is 42.7 Å². The monoisotopic (exact) mass is 357 g/mol. The van der Waals surface area contributed by atoms with Crippen LogP contribution in [0.1, 0.15) is 28.4 Å². The van der Waals surface area contributed by atoms with Gasteiger partial charge >= 0.3 is 0 Å². The second kappa shape index (κ2) is 7.51. The van der Waals surface area contributed by atoms with E-state index in [0.29, 0.717) is 6.42 Å². The fourth-order valence-corrected chi connectivity index (χ4v) is 3.35. The molecule has 0 radical (unpaired) electrons. The van der Waals surface area contributed by atoms with Gasteiger partial charge in [0.05, 0.1) is 18.7 Å². The van der Waals surface area contributed by atoms with Crippen LogP contribution >= 0.6 is 0 Å². The zero-order valence-electron chi connectivity index (χ0n) is 14.6. The molecule has 0 bridgehead atoms. The van der Waals surface area contributed by atoms with Crippen LogP contribution in [0.3, 0.4) is 0 Å². The summed E-state index contributed by atoms with van der Waals surface area (Å²) in [6.45, 7) is 0.262. The van der Waals surface area contributed by atoms with E-state index in [-0.39, 0.29) is 35.7 Å². The Labute approximate surface area is 151 Å². The number of methoxy groups -OCH3 is 1. The molecule has 0 saturated carbocycles. The Bertz CT molecular complexity index is 813. The molecule has 26 heavy (non-hydrogen) atoms. The molecule has 0 spiro atoms. The molecule has 1 aliphatic heterocycles. The van der Waals surface area contributed by atoms with Crippen LogP contribution in [0.25, 0.3) is 0 Å². The Hall–Kier alpha value is -2.96. The molecule has 1 aliphatic rings. The molecule has 2 atom stereocenters. The van der Waals surface area contributed by atoms with Gasteiger partial charge in [0.2, 0.25) is 5.91 Å². The topological polar surface area (TPSA) is 71.5 Å². The van der Waals surface area contributed by atoms with Crippen LogP contribution in [0.4, 0.5) is 4.39 Å². The first kappa shape index (κ1) is 17.8. The van der Waals surface area contributed by atoms with Crippen LogP contribution in [0, 0.1) is 11.7 Å². The van der Waals surface area contributed by atoms with Gasteiger partial charge in [0, 0.05) is 38.3 Å². The van der Waals surface area contributed by atoms with Gasteiger partial charge in [0.25, 0.3) is 5.91 Å². The third-order valence-electron chi connectivity index (χ3n) is 4.69. The van der Waals surface area contributed by atoms with Crippen LogP contribution in [-0.2, 0) is 4.79 Å². The summed E-state index contributed by atoms with van der Waals surface area (Å²) in [5.41, 5.74) is 0.877. The smallest absolute Gasteiger partial charge is 0.254 e. The molecule has 2 amide bonds. The van der Waals surface area contributed by atoms with E-state index < -0.39 is 11.7 Å². The number of halogens is 1. The molecule has 0 unspecified atom stereocenters. The van der Waals surface area contributed by atoms with E-state index in [2.05, 4.69) is 10.3 Å². The second-order valence-electron chi connectivity index (χ2n) is 6.23. The normalized spacial score (nSPS) is 19.5. The van der Waals surface area contributed by atoms with Crippen LogP contribution < -0.4 is 10.1 Å². The first-order valence-corrected chi connectivity index (χ1v) is 8.29. The van der Waals surface area contributed by atoms with E-state index in [1.54, 1.807) is 30.4 Å². The van der Waals surface area contributed by atoms with E-state index in [0.717, 1.165) is 5.56 Å². The maximum absolute atomic E-state index is 14.2. The number of ether oxygens (including phenoxy) is 1. The Kier molecular flexibility index (Phi) is 5.16. The maximum Gasteiger partial charge on any atom is 0.254 e. The predicted molar refractivity (Wildman–Crippen MR) is 93.1 cm³/mol. The summed E-state index contributed by atoms with van der Waals surface area (Å²) in [6, 6.07) is 7.98. The molecule has 1 saturated heterocycles. The van der Waals surface area contributed by atoms with E-state index >= 15 is 0 Å². The highest BCUT2D eigenvalue weighted by molar-refractivity contribution is 5.95. The number of carbonyl (C=O) groups excluding carboxylic acids is 2. The average Bonchev–Trinajstić information content (AvgIpc) is 2.94. The molecule has 2 aromatic rings. The maximum atomic E-state index is 14.2. The summed E-state index contributed by atoms with van der Waals surface area (Å²) < 4.78 is 19.1. The van der Waals surface area contributed by atoms with Gasteiger partial charge in [-0.05, 0) is 29.8 Å². The predicted octanol–water partition coefficient (Wildman–Crippen LogP) is 2.18. The van der Waals surface area contributed by atoms with Gasteiger partial charge in [0.15, 0.2) is 11.6 Å². The van der Waals surface area contributed by atoms with Crippen LogP contribution in [0.2, 0.25) is 0 Å². The number of benzene rings is 1. The number of pyridine rings is 1. The number of hydrogen-bond acceptors (Lipinski definition) is 4. The summed E-state index contributed by atoms with van der Waals surface area (Å²) >= 11 is 0. The minimum atomic E-state index is -0.696. The third-order valence-corrected chi connectivity index (χ3v) is 4.69. The van der Waals surface area contributed by atoms with Crippen molar-refractivity contribution < 1.29 is 18.7 Å². The number of rotatable bonds is 5. The van der Waals surface area contributed by atoms with Crippen molar-refractivity contribution in [2.75, 3.05) is 20.7 Å². The molecule has 3 rings (SSSR count). The van der Waals surface area contributed by atoms with E-state index in [1.807, 2.05) is 12.1 Å². The van der Waals surface area contributed by atoms with Gasteiger partial charge in [-0.15, -0.1) is 0 Å². The molecule has 1 N–H and O–H groups in total. The van der Waals surface area contributed by atoms with Gasteiger partial charge in [0.1, 0.15) is 0 Å². The van der Waals surface area contributed by atoms with Gasteiger partial charge in [-0.1, -0.05) is 6.07 Å². The van der Waals surface area contributed by atoms with E-state index in [9.17, 15) is 14.0 Å². The van der Waals surface area contributed by atoms with E-state index in [4.69, 9.17) is 4.74 Å². The minimum Gasteiger partial charge on any atom is -0.494 e. The summed E-state index contributed by atoms with van der Waals surface area (Å²) in [4.78, 5) is 30.2. The van der Waals surface area contributed by atoms with Crippen molar-refractivity contribution in [3.63, 3.8) is 0 Å². The summed E-state index contributed by atoms with van der Waals surface area (Å²) in [5.74, 6) is -1.30. The Morgan fingerprint density at radius 3 is 2.77 bits per heavy atom. The molecule has 136 valence electrons. The highest BCUT2D eigenvalue weighted by Gasteiger charge is 2.38. The lowest BCUT2D eigenvalue weighted by Crippen LogP contribution is -2.33. The summed E-state index contributed by atoms with van der Waals surface area (Å²) in [6.07, 6.45) is 3.67. The third kappa shape index (κ3) is 3.37. The van der Waals surface area contributed by atoms with Gasteiger partial charge in [-0.25, -0.2) is 4.39 Å². The lowest BCUT2D eigenvalue weighted by molar-refractivity contribution is -0.127. The fraction of sp³-hybridized carbons (Fsp3) is 0.316. The zero-order valence-corrected chi connectivity index (χ0v) is 14.6. The van der Waals surface area contributed by atoms with E-state index in [1.165, 1.54) is 19.2 Å². The number of amides is 2. The molecule has 2 heterocycles. The highest BCUT2D eigenvalue weighted by Crippen LogP contribution is 2.36.